The Morgan fingerprint density at radius 3 is 2.10 bits per heavy atom. The van der Waals surface area contributed by atoms with E-state index in [1.807, 2.05) is 0 Å². The molecule has 0 radical (unpaired) electrons. The molecule has 4 N–H and O–H groups in total. The van der Waals surface area contributed by atoms with Gasteiger partial charge in [0.15, 0.2) is 0 Å². The summed E-state index contributed by atoms with van der Waals surface area (Å²) < 4.78 is 0. The molecule has 1 aliphatic rings. The molecule has 0 heterocycles. The van der Waals surface area contributed by atoms with Gasteiger partial charge in [0.2, 0.25) is 0 Å². The zero-order valence-electron chi connectivity index (χ0n) is 6.21. The van der Waals surface area contributed by atoms with Crippen LogP contribution in [-0.2, 0) is 0 Å². The predicted octanol–water partition coefficient (Wildman–Crippen LogP) is -0.366. The zero-order chi connectivity index (χ0) is 7.45. The second-order valence-corrected chi connectivity index (χ2v) is 3.21. The predicted molar refractivity (Wildman–Crippen MR) is 36.6 cm³/mol. The molecular formula is C7H16NO2+. The molecule has 1 fully saturated rings. The van der Waals surface area contributed by atoms with Gasteiger partial charge < -0.3 is 5.11 Å². The SMILES string of the molecule is OCC1([NH2+]O)CCCCC1. The number of aliphatic hydroxyl groups excluding tert-OH is 1. The highest BCUT2D eigenvalue weighted by Gasteiger charge is 2.34. The molecule has 0 saturated heterocycles. The number of hydroxylamine groups is 1. The van der Waals surface area contributed by atoms with Crippen LogP contribution in [0.3, 0.4) is 0 Å². The molecule has 1 rings (SSSR count). The Bertz CT molecular complexity index is 93.8. The van der Waals surface area contributed by atoms with Crippen molar-refractivity contribution in [3.05, 3.63) is 0 Å². The Labute approximate surface area is 61.0 Å². The minimum absolute atomic E-state index is 0.101. The van der Waals surface area contributed by atoms with Gasteiger partial charge >= 0.3 is 0 Å². The quantitative estimate of drug-likeness (QED) is 0.466. The van der Waals surface area contributed by atoms with Crippen LogP contribution in [-0.4, -0.2) is 22.5 Å². The third-order valence-corrected chi connectivity index (χ3v) is 2.44. The molecule has 0 bridgehead atoms. The second kappa shape index (κ2) is 3.32. The summed E-state index contributed by atoms with van der Waals surface area (Å²) in [5.74, 6) is 0. The normalized spacial score (nSPS) is 24.6. The van der Waals surface area contributed by atoms with Crippen LogP contribution in [0, 0.1) is 0 Å². The van der Waals surface area contributed by atoms with E-state index in [0.29, 0.717) is 0 Å². The van der Waals surface area contributed by atoms with Crippen LogP contribution in [0.4, 0.5) is 0 Å². The number of aliphatic hydroxyl groups is 1. The third kappa shape index (κ3) is 1.48. The van der Waals surface area contributed by atoms with Crippen LogP contribution in [0.2, 0.25) is 0 Å². The minimum atomic E-state index is -0.252. The maximum absolute atomic E-state index is 8.95. The summed E-state index contributed by atoms with van der Waals surface area (Å²) in [6.07, 6.45) is 5.41. The molecule has 1 saturated carbocycles. The third-order valence-electron chi connectivity index (χ3n) is 2.44. The van der Waals surface area contributed by atoms with Crippen LogP contribution in [0.15, 0.2) is 0 Å². The van der Waals surface area contributed by atoms with Gasteiger partial charge in [-0.1, -0.05) is 6.42 Å². The van der Waals surface area contributed by atoms with Crippen LogP contribution in [0.25, 0.3) is 0 Å². The van der Waals surface area contributed by atoms with Gasteiger partial charge in [-0.2, -0.15) is 5.48 Å². The van der Waals surface area contributed by atoms with Crippen LogP contribution < -0.4 is 5.48 Å². The first kappa shape index (κ1) is 7.98. The van der Waals surface area contributed by atoms with Crippen molar-refractivity contribution >= 4 is 0 Å². The molecule has 3 nitrogen and oxygen atoms in total. The van der Waals surface area contributed by atoms with Crippen molar-refractivity contribution in [1.82, 2.24) is 0 Å². The van der Waals surface area contributed by atoms with Crippen molar-refractivity contribution in [2.75, 3.05) is 6.61 Å². The standard InChI is InChI=1S/C7H15NO2/c9-6-7(8-10)4-2-1-3-5-7/h8-10H,1-6H2/p+1. The molecule has 0 aromatic heterocycles. The Morgan fingerprint density at radius 1 is 1.20 bits per heavy atom. The van der Waals surface area contributed by atoms with Gasteiger partial charge in [-0.15, -0.1) is 0 Å². The Balaban J connectivity index is 2.44. The molecule has 0 unspecified atom stereocenters. The lowest BCUT2D eigenvalue weighted by molar-refractivity contribution is -0.937. The Morgan fingerprint density at radius 2 is 1.80 bits per heavy atom. The smallest absolute Gasteiger partial charge is 0.148 e. The van der Waals surface area contributed by atoms with Crippen molar-refractivity contribution in [3.63, 3.8) is 0 Å². The molecule has 0 aromatic rings. The molecule has 10 heavy (non-hydrogen) atoms. The Kier molecular flexibility index (Phi) is 2.65. The molecule has 0 spiro atoms. The largest absolute Gasteiger partial charge is 0.390 e. The van der Waals surface area contributed by atoms with E-state index >= 15 is 0 Å². The first-order valence-corrected chi connectivity index (χ1v) is 3.92. The van der Waals surface area contributed by atoms with E-state index < -0.39 is 0 Å². The van der Waals surface area contributed by atoms with Crippen LogP contribution >= 0.6 is 0 Å². The van der Waals surface area contributed by atoms with Gasteiger partial charge in [0.05, 0.1) is 0 Å². The monoisotopic (exact) mass is 146 g/mol. The maximum atomic E-state index is 8.95. The molecule has 1 aliphatic carbocycles. The topological polar surface area (TPSA) is 57.1 Å². The fraction of sp³-hybridized carbons (Fsp3) is 1.00. The highest BCUT2D eigenvalue weighted by molar-refractivity contribution is 4.79. The Hall–Kier alpha value is -0.120. The summed E-state index contributed by atoms with van der Waals surface area (Å²) in [6, 6.07) is 0. The minimum Gasteiger partial charge on any atom is -0.390 e. The summed E-state index contributed by atoms with van der Waals surface area (Å²) in [6.45, 7) is 0.101. The molecule has 0 aromatic carbocycles. The van der Waals surface area contributed by atoms with Crippen molar-refractivity contribution in [3.8, 4) is 0 Å². The van der Waals surface area contributed by atoms with Crippen LogP contribution in [0.1, 0.15) is 32.1 Å². The second-order valence-electron chi connectivity index (χ2n) is 3.21. The van der Waals surface area contributed by atoms with Crippen molar-refractivity contribution in [1.29, 1.82) is 0 Å². The summed E-state index contributed by atoms with van der Waals surface area (Å²) in [5.41, 5.74) is 0.935. The summed E-state index contributed by atoms with van der Waals surface area (Å²) >= 11 is 0. The van der Waals surface area contributed by atoms with Gasteiger partial charge in [0.25, 0.3) is 0 Å². The van der Waals surface area contributed by atoms with Crippen molar-refractivity contribution < 1.29 is 15.8 Å². The van der Waals surface area contributed by atoms with Crippen LogP contribution in [0.5, 0.6) is 0 Å². The van der Waals surface area contributed by atoms with E-state index in [-0.39, 0.29) is 12.1 Å². The molecule has 3 heteroatoms. The fourth-order valence-corrected chi connectivity index (χ4v) is 1.58. The molecule has 0 aliphatic heterocycles. The van der Waals surface area contributed by atoms with E-state index in [4.69, 9.17) is 10.3 Å². The first-order valence-electron chi connectivity index (χ1n) is 3.92. The first-order chi connectivity index (χ1) is 4.83. The molecule has 0 atom stereocenters. The van der Waals surface area contributed by atoms with Gasteiger partial charge in [0.1, 0.15) is 12.1 Å². The van der Waals surface area contributed by atoms with Gasteiger partial charge in [-0.25, -0.2) is 5.21 Å². The van der Waals surface area contributed by atoms with Gasteiger partial charge in [0, 0.05) is 12.8 Å². The number of rotatable bonds is 2. The van der Waals surface area contributed by atoms with Gasteiger partial charge in [-0.3, -0.25) is 0 Å². The molecule has 60 valence electrons. The number of quaternary nitrogens is 1. The number of hydrogen-bond acceptors (Lipinski definition) is 2. The fourth-order valence-electron chi connectivity index (χ4n) is 1.58. The van der Waals surface area contributed by atoms with E-state index in [1.165, 1.54) is 11.9 Å². The van der Waals surface area contributed by atoms with Crippen molar-refractivity contribution in [2.24, 2.45) is 0 Å². The summed E-state index contributed by atoms with van der Waals surface area (Å²) in [5, 5.41) is 17.8. The highest BCUT2D eigenvalue weighted by Crippen LogP contribution is 2.23. The average Bonchev–Trinajstić information content (AvgIpc) is 2.06. The van der Waals surface area contributed by atoms with Gasteiger partial charge in [-0.05, 0) is 12.8 Å². The van der Waals surface area contributed by atoms with Crippen molar-refractivity contribution in [2.45, 2.75) is 37.6 Å². The van der Waals surface area contributed by atoms with E-state index in [2.05, 4.69) is 0 Å². The number of hydrogen-bond donors (Lipinski definition) is 3. The maximum Gasteiger partial charge on any atom is 0.148 e. The average molecular weight is 146 g/mol. The summed E-state index contributed by atoms with van der Waals surface area (Å²) in [4.78, 5) is 0. The lowest BCUT2D eigenvalue weighted by Crippen LogP contribution is -2.95. The molecule has 0 amide bonds. The molecular weight excluding hydrogens is 130 g/mol. The van der Waals surface area contributed by atoms with E-state index in [9.17, 15) is 0 Å². The lowest BCUT2D eigenvalue weighted by atomic mass is 9.83. The highest BCUT2D eigenvalue weighted by atomic mass is 16.5. The van der Waals surface area contributed by atoms with E-state index in [1.54, 1.807) is 0 Å². The van der Waals surface area contributed by atoms with E-state index in [0.717, 1.165) is 25.7 Å². The lowest BCUT2D eigenvalue weighted by Gasteiger charge is -2.29. The summed E-state index contributed by atoms with van der Waals surface area (Å²) in [7, 11) is 0. The number of nitrogens with two attached hydrogens (primary N) is 1. The zero-order valence-corrected chi connectivity index (χ0v) is 6.21.